The molecule has 1 N–H and O–H groups in total. The first kappa shape index (κ1) is 15.8. The van der Waals surface area contributed by atoms with Crippen molar-refractivity contribution in [1.82, 2.24) is 15.1 Å². The SMILES string of the molecule is COCCNCc1ccn(Cc2cc(Cl)ccc2OC)n1. The molecule has 0 saturated heterocycles. The monoisotopic (exact) mass is 309 g/mol. The number of methoxy groups -OCH3 is 2. The Morgan fingerprint density at radius 2 is 2.14 bits per heavy atom. The maximum atomic E-state index is 6.04. The van der Waals surface area contributed by atoms with Gasteiger partial charge in [0.15, 0.2) is 0 Å². The van der Waals surface area contributed by atoms with Gasteiger partial charge in [-0.15, -0.1) is 0 Å². The Labute approximate surface area is 129 Å². The molecule has 5 nitrogen and oxygen atoms in total. The Morgan fingerprint density at radius 1 is 1.29 bits per heavy atom. The molecule has 0 atom stereocenters. The van der Waals surface area contributed by atoms with Crippen LogP contribution in [0.25, 0.3) is 0 Å². The van der Waals surface area contributed by atoms with Gasteiger partial charge >= 0.3 is 0 Å². The van der Waals surface area contributed by atoms with E-state index in [0.29, 0.717) is 18.2 Å². The van der Waals surface area contributed by atoms with Crippen molar-refractivity contribution in [2.45, 2.75) is 13.1 Å². The van der Waals surface area contributed by atoms with E-state index < -0.39 is 0 Å². The number of nitrogens with one attached hydrogen (secondary N) is 1. The molecule has 0 unspecified atom stereocenters. The van der Waals surface area contributed by atoms with E-state index in [1.807, 2.05) is 35.1 Å². The van der Waals surface area contributed by atoms with Crippen LogP contribution >= 0.6 is 11.6 Å². The Kier molecular flexibility index (Phi) is 6.04. The number of nitrogens with zero attached hydrogens (tertiary/aromatic N) is 2. The van der Waals surface area contributed by atoms with Crippen LogP contribution in [-0.2, 0) is 17.8 Å². The Bertz CT molecular complexity index is 572. The molecule has 0 bridgehead atoms. The molecular weight excluding hydrogens is 290 g/mol. The summed E-state index contributed by atoms with van der Waals surface area (Å²) in [5.74, 6) is 0.815. The van der Waals surface area contributed by atoms with Crippen molar-refractivity contribution in [2.75, 3.05) is 27.4 Å². The van der Waals surface area contributed by atoms with Crippen molar-refractivity contribution in [3.8, 4) is 5.75 Å². The van der Waals surface area contributed by atoms with Crippen LogP contribution in [0.15, 0.2) is 30.5 Å². The summed E-state index contributed by atoms with van der Waals surface area (Å²) in [5.41, 5.74) is 2.00. The lowest BCUT2D eigenvalue weighted by atomic mass is 10.2. The fraction of sp³-hybridized carbons (Fsp3) is 0.400. The fourth-order valence-corrected chi connectivity index (χ4v) is 2.22. The minimum absolute atomic E-state index is 0.627. The maximum absolute atomic E-state index is 6.04. The highest BCUT2D eigenvalue weighted by Gasteiger charge is 2.06. The van der Waals surface area contributed by atoms with Gasteiger partial charge in [0.1, 0.15) is 5.75 Å². The molecule has 0 aliphatic heterocycles. The van der Waals surface area contributed by atoms with Crippen LogP contribution in [-0.4, -0.2) is 37.2 Å². The van der Waals surface area contributed by atoms with Crippen LogP contribution in [0.2, 0.25) is 5.02 Å². The molecule has 2 aromatic rings. The first-order valence-electron chi connectivity index (χ1n) is 6.77. The number of halogens is 1. The van der Waals surface area contributed by atoms with Crippen molar-refractivity contribution in [2.24, 2.45) is 0 Å². The second kappa shape index (κ2) is 8.02. The van der Waals surface area contributed by atoms with Gasteiger partial charge in [-0.1, -0.05) is 11.6 Å². The van der Waals surface area contributed by atoms with Crippen molar-refractivity contribution in [1.29, 1.82) is 0 Å². The van der Waals surface area contributed by atoms with Crippen LogP contribution in [0.5, 0.6) is 5.75 Å². The molecule has 114 valence electrons. The summed E-state index contributed by atoms with van der Waals surface area (Å²) in [6.45, 7) is 2.86. The largest absolute Gasteiger partial charge is 0.496 e. The van der Waals surface area contributed by atoms with Crippen molar-refractivity contribution in [3.05, 3.63) is 46.7 Å². The summed E-state index contributed by atoms with van der Waals surface area (Å²) < 4.78 is 12.2. The molecule has 6 heteroatoms. The Balaban J connectivity index is 1.97. The zero-order valence-corrected chi connectivity index (χ0v) is 13.1. The van der Waals surface area contributed by atoms with E-state index >= 15 is 0 Å². The third-order valence-corrected chi connectivity index (χ3v) is 3.29. The average Bonchev–Trinajstić information content (AvgIpc) is 2.91. The van der Waals surface area contributed by atoms with E-state index in [9.17, 15) is 0 Å². The first-order valence-corrected chi connectivity index (χ1v) is 7.15. The second-order valence-electron chi connectivity index (χ2n) is 4.63. The van der Waals surface area contributed by atoms with E-state index in [-0.39, 0.29) is 0 Å². The molecule has 2 rings (SSSR count). The lowest BCUT2D eigenvalue weighted by Gasteiger charge is -2.09. The van der Waals surface area contributed by atoms with Crippen molar-refractivity contribution in [3.63, 3.8) is 0 Å². The summed E-state index contributed by atoms with van der Waals surface area (Å²) in [5, 5.41) is 8.48. The molecule has 0 saturated carbocycles. The molecule has 21 heavy (non-hydrogen) atoms. The van der Waals surface area contributed by atoms with E-state index in [4.69, 9.17) is 21.1 Å². The van der Waals surface area contributed by atoms with Crippen LogP contribution in [0.1, 0.15) is 11.3 Å². The van der Waals surface area contributed by atoms with E-state index in [2.05, 4.69) is 10.4 Å². The summed E-state index contributed by atoms with van der Waals surface area (Å²) >= 11 is 6.04. The first-order chi connectivity index (χ1) is 10.2. The normalized spacial score (nSPS) is 10.8. The number of aromatic nitrogens is 2. The van der Waals surface area contributed by atoms with Crippen LogP contribution in [0, 0.1) is 0 Å². The number of ether oxygens (including phenoxy) is 2. The number of hydrogen-bond acceptors (Lipinski definition) is 4. The number of benzene rings is 1. The summed E-state index contributed by atoms with van der Waals surface area (Å²) in [4.78, 5) is 0. The van der Waals surface area contributed by atoms with E-state index in [1.165, 1.54) is 0 Å². The lowest BCUT2D eigenvalue weighted by Crippen LogP contribution is -2.19. The summed E-state index contributed by atoms with van der Waals surface area (Å²) in [6.07, 6.45) is 1.95. The smallest absolute Gasteiger partial charge is 0.124 e. The minimum atomic E-state index is 0.627. The van der Waals surface area contributed by atoms with Gasteiger partial charge in [-0.2, -0.15) is 5.10 Å². The van der Waals surface area contributed by atoms with Gasteiger partial charge in [-0.25, -0.2) is 0 Å². The van der Waals surface area contributed by atoms with Crippen LogP contribution < -0.4 is 10.1 Å². The van der Waals surface area contributed by atoms with Gasteiger partial charge in [0.2, 0.25) is 0 Å². The molecule has 0 spiro atoms. The predicted octanol–water partition coefficient (Wildman–Crippen LogP) is 2.33. The lowest BCUT2D eigenvalue weighted by molar-refractivity contribution is 0.199. The van der Waals surface area contributed by atoms with Gasteiger partial charge in [0.05, 0.1) is 26.0 Å². The van der Waals surface area contributed by atoms with Gasteiger partial charge < -0.3 is 14.8 Å². The third kappa shape index (κ3) is 4.74. The van der Waals surface area contributed by atoms with Crippen molar-refractivity contribution >= 4 is 11.6 Å². The van der Waals surface area contributed by atoms with Gasteiger partial charge in [0, 0.05) is 37.0 Å². The molecule has 0 fully saturated rings. The maximum Gasteiger partial charge on any atom is 0.124 e. The van der Waals surface area contributed by atoms with E-state index in [1.54, 1.807) is 14.2 Å². The highest BCUT2D eigenvalue weighted by molar-refractivity contribution is 6.30. The topological polar surface area (TPSA) is 48.3 Å². The zero-order valence-electron chi connectivity index (χ0n) is 12.3. The molecule has 0 radical (unpaired) electrons. The Hall–Kier alpha value is -1.56. The highest BCUT2D eigenvalue weighted by atomic mass is 35.5. The van der Waals surface area contributed by atoms with Crippen molar-refractivity contribution < 1.29 is 9.47 Å². The highest BCUT2D eigenvalue weighted by Crippen LogP contribution is 2.23. The molecule has 0 aliphatic rings. The molecule has 1 aromatic heterocycles. The van der Waals surface area contributed by atoms with Crippen LogP contribution in [0.3, 0.4) is 0 Å². The summed E-state index contributed by atoms with van der Waals surface area (Å²) in [7, 11) is 3.34. The zero-order chi connectivity index (χ0) is 15.1. The third-order valence-electron chi connectivity index (χ3n) is 3.06. The summed E-state index contributed by atoms with van der Waals surface area (Å²) in [6, 6.07) is 7.59. The standard InChI is InChI=1S/C15H20ClN3O2/c1-20-8-6-17-10-14-5-7-19(18-14)11-12-9-13(16)3-4-15(12)21-2/h3-5,7,9,17H,6,8,10-11H2,1-2H3. The fourth-order valence-electron chi connectivity index (χ4n) is 2.02. The Morgan fingerprint density at radius 3 is 2.90 bits per heavy atom. The molecule has 0 aliphatic carbocycles. The van der Waals surface area contributed by atoms with Gasteiger partial charge in [-0.3, -0.25) is 4.68 Å². The average molecular weight is 310 g/mol. The number of hydrogen-bond donors (Lipinski definition) is 1. The number of rotatable bonds is 8. The van der Waals surface area contributed by atoms with Crippen LogP contribution in [0.4, 0.5) is 0 Å². The van der Waals surface area contributed by atoms with E-state index in [0.717, 1.165) is 30.1 Å². The quantitative estimate of drug-likeness (QED) is 0.760. The molecular formula is C15H20ClN3O2. The minimum Gasteiger partial charge on any atom is -0.496 e. The molecule has 1 aromatic carbocycles. The predicted molar refractivity (Wildman–Crippen MR) is 82.9 cm³/mol. The van der Waals surface area contributed by atoms with Gasteiger partial charge in [-0.05, 0) is 24.3 Å². The molecule has 1 heterocycles. The van der Waals surface area contributed by atoms with Gasteiger partial charge in [0.25, 0.3) is 0 Å². The second-order valence-corrected chi connectivity index (χ2v) is 5.07. The molecule has 0 amide bonds.